The van der Waals surface area contributed by atoms with Crippen molar-refractivity contribution in [3.05, 3.63) is 65.6 Å². The molecule has 0 aliphatic heterocycles. The summed E-state index contributed by atoms with van der Waals surface area (Å²) < 4.78 is 18.5. The highest BCUT2D eigenvalue weighted by Gasteiger charge is 2.09. The van der Waals surface area contributed by atoms with Crippen LogP contribution in [0, 0.1) is 5.82 Å². The first-order valence-electron chi connectivity index (χ1n) is 8.98. The van der Waals surface area contributed by atoms with Crippen molar-refractivity contribution < 1.29 is 13.9 Å². The molecule has 0 radical (unpaired) electrons. The third kappa shape index (κ3) is 5.00. The molecule has 0 spiro atoms. The molecule has 1 aromatic heterocycles. The number of nitrogens with one attached hydrogen (secondary N) is 3. The highest BCUT2D eigenvalue weighted by molar-refractivity contribution is 5.83. The first kappa shape index (κ1) is 18.8. The van der Waals surface area contributed by atoms with Gasteiger partial charge in [0, 0.05) is 29.7 Å². The molecule has 0 bridgehead atoms. The van der Waals surface area contributed by atoms with E-state index in [-0.39, 0.29) is 17.9 Å². The van der Waals surface area contributed by atoms with Crippen molar-refractivity contribution in [3.8, 4) is 5.75 Å². The molecule has 3 N–H and O–H groups in total. The van der Waals surface area contributed by atoms with E-state index in [4.69, 9.17) is 4.74 Å². The Morgan fingerprint density at radius 1 is 1.26 bits per heavy atom. The lowest BCUT2D eigenvalue weighted by Gasteiger charge is -2.15. The summed E-state index contributed by atoms with van der Waals surface area (Å²) in [4.78, 5) is 15.2. The lowest BCUT2D eigenvalue weighted by atomic mass is 10.1. The number of H-pyrrole nitrogens is 1. The molecule has 2 amide bonds. The molecule has 5 nitrogen and oxygen atoms in total. The minimum absolute atomic E-state index is 0.00632. The van der Waals surface area contributed by atoms with Crippen LogP contribution in [0.3, 0.4) is 0 Å². The van der Waals surface area contributed by atoms with Crippen molar-refractivity contribution in [2.45, 2.75) is 25.8 Å². The lowest BCUT2D eigenvalue weighted by molar-refractivity contribution is 0.238. The fourth-order valence-corrected chi connectivity index (χ4v) is 3.15. The number of hydrogen-bond acceptors (Lipinski definition) is 2. The molecular formula is C21H24FN3O2. The highest BCUT2D eigenvalue weighted by atomic mass is 19.1. The van der Waals surface area contributed by atoms with Gasteiger partial charge in [-0.2, -0.15) is 0 Å². The van der Waals surface area contributed by atoms with Crippen LogP contribution in [0.1, 0.15) is 18.1 Å². The Kier molecular flexibility index (Phi) is 5.96. The second kappa shape index (κ2) is 8.58. The Bertz CT molecular complexity index is 923. The molecule has 142 valence electrons. The second-order valence-electron chi connectivity index (χ2n) is 6.61. The third-order valence-corrected chi connectivity index (χ3v) is 4.46. The van der Waals surface area contributed by atoms with Crippen molar-refractivity contribution in [2.24, 2.45) is 0 Å². The molecule has 0 aliphatic rings. The highest BCUT2D eigenvalue weighted by Crippen LogP contribution is 2.19. The summed E-state index contributed by atoms with van der Waals surface area (Å²) in [5.74, 6) is 0.543. The topological polar surface area (TPSA) is 66.2 Å². The number of benzene rings is 2. The summed E-state index contributed by atoms with van der Waals surface area (Å²) in [5, 5.41) is 6.79. The van der Waals surface area contributed by atoms with Crippen LogP contribution < -0.4 is 15.4 Å². The van der Waals surface area contributed by atoms with Crippen LogP contribution in [0.4, 0.5) is 9.18 Å². The van der Waals surface area contributed by atoms with Gasteiger partial charge in [0.1, 0.15) is 11.6 Å². The molecule has 27 heavy (non-hydrogen) atoms. The van der Waals surface area contributed by atoms with E-state index in [0.717, 1.165) is 34.2 Å². The summed E-state index contributed by atoms with van der Waals surface area (Å²) in [6, 6.07) is 12.3. The number of carbonyl (C=O) groups excluding carboxylic acids is 1. The standard InChI is InChI=1S/C21H24FN3O2/c1-14(10-15-4-3-5-18(11-15)27-2)25-21(26)23-9-8-16-13-24-20-12-17(22)6-7-19(16)20/h3-7,11-14,24H,8-10H2,1-2H3,(H2,23,25,26). The minimum Gasteiger partial charge on any atom is -0.497 e. The van der Waals surface area contributed by atoms with Gasteiger partial charge in [-0.15, -0.1) is 0 Å². The number of aromatic amines is 1. The normalized spacial score (nSPS) is 12.0. The van der Waals surface area contributed by atoms with Gasteiger partial charge in [0.15, 0.2) is 0 Å². The Balaban J connectivity index is 1.46. The van der Waals surface area contributed by atoms with Crippen molar-refractivity contribution >= 4 is 16.9 Å². The van der Waals surface area contributed by atoms with Crippen molar-refractivity contribution in [2.75, 3.05) is 13.7 Å². The van der Waals surface area contributed by atoms with E-state index in [2.05, 4.69) is 15.6 Å². The molecule has 3 aromatic rings. The van der Waals surface area contributed by atoms with Crippen LogP contribution >= 0.6 is 0 Å². The Labute approximate surface area is 157 Å². The molecule has 2 aromatic carbocycles. The van der Waals surface area contributed by atoms with Crippen LogP contribution in [0.15, 0.2) is 48.7 Å². The predicted molar refractivity (Wildman–Crippen MR) is 105 cm³/mol. The Morgan fingerprint density at radius 2 is 2.11 bits per heavy atom. The van der Waals surface area contributed by atoms with Gasteiger partial charge in [-0.05, 0) is 61.2 Å². The number of ether oxygens (including phenoxy) is 1. The van der Waals surface area contributed by atoms with Crippen molar-refractivity contribution in [3.63, 3.8) is 0 Å². The molecule has 1 heterocycles. The summed E-state index contributed by atoms with van der Waals surface area (Å²) in [7, 11) is 1.64. The minimum atomic E-state index is -0.265. The summed E-state index contributed by atoms with van der Waals surface area (Å²) in [6.45, 7) is 2.47. The number of urea groups is 1. The lowest BCUT2D eigenvalue weighted by Crippen LogP contribution is -2.42. The maximum Gasteiger partial charge on any atom is 0.315 e. The van der Waals surface area contributed by atoms with Gasteiger partial charge in [-0.3, -0.25) is 0 Å². The zero-order chi connectivity index (χ0) is 19.2. The number of fused-ring (bicyclic) bond motifs is 1. The van der Waals surface area contributed by atoms with Crippen LogP contribution in [-0.2, 0) is 12.8 Å². The monoisotopic (exact) mass is 369 g/mol. The van der Waals surface area contributed by atoms with Gasteiger partial charge in [-0.25, -0.2) is 9.18 Å². The average molecular weight is 369 g/mol. The van der Waals surface area contributed by atoms with Crippen LogP contribution in [0.2, 0.25) is 0 Å². The Morgan fingerprint density at radius 3 is 2.93 bits per heavy atom. The van der Waals surface area contributed by atoms with E-state index in [0.29, 0.717) is 13.0 Å². The second-order valence-corrected chi connectivity index (χ2v) is 6.61. The number of aromatic nitrogens is 1. The maximum absolute atomic E-state index is 13.2. The van der Waals surface area contributed by atoms with Gasteiger partial charge >= 0.3 is 6.03 Å². The average Bonchev–Trinajstić information content (AvgIpc) is 3.03. The number of rotatable bonds is 7. The summed E-state index contributed by atoms with van der Waals surface area (Å²) >= 11 is 0. The van der Waals surface area contributed by atoms with Crippen LogP contribution in [0.5, 0.6) is 5.75 Å². The molecule has 3 rings (SSSR count). The largest absolute Gasteiger partial charge is 0.497 e. The van der Waals surface area contributed by atoms with Gasteiger partial charge in [0.05, 0.1) is 7.11 Å². The molecule has 0 aliphatic carbocycles. The molecule has 1 unspecified atom stereocenters. The molecular weight excluding hydrogens is 345 g/mol. The van der Waals surface area contributed by atoms with Gasteiger partial charge < -0.3 is 20.4 Å². The molecule has 0 saturated heterocycles. The quantitative estimate of drug-likeness (QED) is 0.593. The van der Waals surface area contributed by atoms with E-state index < -0.39 is 0 Å². The van der Waals surface area contributed by atoms with Crippen LogP contribution in [0.25, 0.3) is 10.9 Å². The molecule has 1 atom stereocenters. The molecule has 6 heteroatoms. The smallest absolute Gasteiger partial charge is 0.315 e. The SMILES string of the molecule is COc1cccc(CC(C)NC(=O)NCCc2c[nH]c3cc(F)ccc23)c1. The summed E-state index contributed by atoms with van der Waals surface area (Å²) in [5.41, 5.74) is 2.92. The van der Waals surface area contributed by atoms with E-state index in [9.17, 15) is 9.18 Å². The predicted octanol–water partition coefficient (Wildman–Crippen LogP) is 3.79. The van der Waals surface area contributed by atoms with Crippen molar-refractivity contribution in [1.82, 2.24) is 15.6 Å². The van der Waals surface area contributed by atoms with E-state index in [1.165, 1.54) is 12.1 Å². The maximum atomic E-state index is 13.2. The number of carbonyl (C=O) groups is 1. The molecule has 0 fully saturated rings. The first-order chi connectivity index (χ1) is 13.0. The van der Waals surface area contributed by atoms with Crippen LogP contribution in [-0.4, -0.2) is 30.7 Å². The van der Waals surface area contributed by atoms with Gasteiger partial charge in [0.2, 0.25) is 0 Å². The third-order valence-electron chi connectivity index (χ3n) is 4.46. The molecule has 0 saturated carbocycles. The zero-order valence-corrected chi connectivity index (χ0v) is 15.5. The first-order valence-corrected chi connectivity index (χ1v) is 8.98. The fraction of sp³-hybridized carbons (Fsp3) is 0.286. The van der Waals surface area contributed by atoms with Crippen molar-refractivity contribution in [1.29, 1.82) is 0 Å². The summed E-state index contributed by atoms with van der Waals surface area (Å²) in [6.07, 6.45) is 3.25. The fourth-order valence-electron chi connectivity index (χ4n) is 3.15. The zero-order valence-electron chi connectivity index (χ0n) is 15.5. The number of methoxy groups -OCH3 is 1. The van der Waals surface area contributed by atoms with Gasteiger partial charge in [-0.1, -0.05) is 12.1 Å². The number of hydrogen-bond donors (Lipinski definition) is 3. The van der Waals surface area contributed by atoms with E-state index >= 15 is 0 Å². The number of halogens is 1. The number of amides is 2. The Hall–Kier alpha value is -3.02. The van der Waals surface area contributed by atoms with E-state index in [1.807, 2.05) is 37.4 Å². The van der Waals surface area contributed by atoms with E-state index in [1.54, 1.807) is 13.2 Å². The van der Waals surface area contributed by atoms with Gasteiger partial charge in [0.25, 0.3) is 0 Å².